The van der Waals surface area contributed by atoms with Gasteiger partial charge in [0.2, 0.25) is 17.8 Å². The molecule has 2 saturated heterocycles. The van der Waals surface area contributed by atoms with Crippen LogP contribution in [-0.4, -0.2) is 52.4 Å². The lowest BCUT2D eigenvalue weighted by Gasteiger charge is -2.37. The highest BCUT2D eigenvalue weighted by Gasteiger charge is 2.33. The fourth-order valence-electron chi connectivity index (χ4n) is 5.23. The van der Waals surface area contributed by atoms with Gasteiger partial charge in [0, 0.05) is 43.6 Å². The maximum absolute atomic E-state index is 14.4. The Morgan fingerprint density at radius 3 is 2.26 bits per heavy atom. The van der Waals surface area contributed by atoms with Crippen molar-refractivity contribution in [2.45, 2.75) is 32.2 Å². The first-order chi connectivity index (χ1) is 16.5. The first-order valence-electron chi connectivity index (χ1n) is 12.0. The summed E-state index contributed by atoms with van der Waals surface area (Å²) in [5.41, 5.74) is 7.89. The van der Waals surface area contributed by atoms with Gasteiger partial charge in [-0.2, -0.15) is 0 Å². The molecule has 178 valence electrons. The van der Waals surface area contributed by atoms with Gasteiger partial charge in [0.25, 0.3) is 0 Å². The molecule has 8 heteroatoms. The van der Waals surface area contributed by atoms with Crippen LogP contribution in [0.2, 0.25) is 0 Å². The molecule has 0 aliphatic carbocycles. The second-order valence-electron chi connectivity index (χ2n) is 9.34. The van der Waals surface area contributed by atoms with Crippen LogP contribution in [-0.2, 0) is 16.1 Å². The Hall–Kier alpha value is -3.42. The summed E-state index contributed by atoms with van der Waals surface area (Å²) in [4.78, 5) is 33.5. The zero-order chi connectivity index (χ0) is 23.7. The predicted octanol–water partition coefficient (Wildman–Crippen LogP) is 3.16. The molecular weight excluding hydrogens is 433 g/mol. The lowest BCUT2D eigenvalue weighted by molar-refractivity contribution is -0.139. The molecule has 2 aromatic carbocycles. The maximum Gasteiger partial charge on any atom is 0.225 e. The summed E-state index contributed by atoms with van der Waals surface area (Å²) in [6, 6.07) is 14.8. The minimum absolute atomic E-state index is 0.0224. The van der Waals surface area contributed by atoms with E-state index in [0.717, 1.165) is 42.9 Å². The number of carbonyl (C=O) groups excluding carboxylic acids is 2. The first kappa shape index (κ1) is 22.4. The van der Waals surface area contributed by atoms with Crippen LogP contribution in [0.4, 0.5) is 10.3 Å². The Morgan fingerprint density at radius 2 is 1.56 bits per heavy atom. The number of hydrogen-bond donors (Lipinski definition) is 1. The van der Waals surface area contributed by atoms with Gasteiger partial charge >= 0.3 is 0 Å². The van der Waals surface area contributed by atoms with Crippen molar-refractivity contribution < 1.29 is 14.0 Å². The summed E-state index contributed by atoms with van der Waals surface area (Å²) >= 11 is 0. The standard InChI is InChI=1S/C26H30FN5O2/c27-21-6-2-1-5-20(21)17-32-23-8-4-3-7-22(23)29-26(32)31-15-11-19(12-16-31)25(34)30-13-9-18(10-14-30)24(28)33/h1-8,18-19H,9-17H2,(H2,28,33). The van der Waals surface area contributed by atoms with Crippen LogP contribution < -0.4 is 10.6 Å². The number of benzene rings is 2. The van der Waals surface area contributed by atoms with Gasteiger partial charge in [-0.1, -0.05) is 30.3 Å². The largest absolute Gasteiger partial charge is 0.369 e. The number of hydrogen-bond acceptors (Lipinski definition) is 4. The third kappa shape index (κ3) is 4.36. The van der Waals surface area contributed by atoms with Crippen LogP contribution in [0.25, 0.3) is 11.0 Å². The number of primary amides is 1. The van der Waals surface area contributed by atoms with Crippen LogP contribution in [0.15, 0.2) is 48.5 Å². The van der Waals surface area contributed by atoms with Crippen molar-refractivity contribution in [2.75, 3.05) is 31.1 Å². The molecule has 0 bridgehead atoms. The fraction of sp³-hybridized carbons (Fsp3) is 0.423. The van der Waals surface area contributed by atoms with Crippen molar-refractivity contribution in [3.8, 4) is 0 Å². The molecule has 3 heterocycles. The van der Waals surface area contributed by atoms with E-state index >= 15 is 0 Å². The van der Waals surface area contributed by atoms with E-state index in [-0.39, 0.29) is 29.5 Å². The van der Waals surface area contributed by atoms with Crippen LogP contribution in [0.3, 0.4) is 0 Å². The van der Waals surface area contributed by atoms with Crippen LogP contribution in [0, 0.1) is 17.7 Å². The maximum atomic E-state index is 14.4. The predicted molar refractivity (Wildman–Crippen MR) is 129 cm³/mol. The van der Waals surface area contributed by atoms with Gasteiger partial charge in [-0.25, -0.2) is 9.37 Å². The molecule has 7 nitrogen and oxygen atoms in total. The van der Waals surface area contributed by atoms with E-state index < -0.39 is 0 Å². The second kappa shape index (κ2) is 9.44. The third-order valence-electron chi connectivity index (χ3n) is 7.26. The Labute approximate surface area is 198 Å². The normalized spacial score (nSPS) is 17.9. The second-order valence-corrected chi connectivity index (χ2v) is 9.34. The van der Waals surface area contributed by atoms with Crippen LogP contribution in [0.1, 0.15) is 31.2 Å². The summed E-state index contributed by atoms with van der Waals surface area (Å²) in [7, 11) is 0. The lowest BCUT2D eigenvalue weighted by atomic mass is 9.92. The molecule has 0 spiro atoms. The van der Waals surface area contributed by atoms with Gasteiger partial charge in [0.05, 0.1) is 17.6 Å². The van der Waals surface area contributed by atoms with Crippen LogP contribution in [0.5, 0.6) is 0 Å². The summed E-state index contributed by atoms with van der Waals surface area (Å²) in [5, 5.41) is 0. The average molecular weight is 464 g/mol. The van der Waals surface area contributed by atoms with Crippen molar-refractivity contribution in [3.05, 3.63) is 59.9 Å². The average Bonchev–Trinajstić information content (AvgIpc) is 3.23. The Morgan fingerprint density at radius 1 is 0.912 bits per heavy atom. The number of anilines is 1. The molecule has 0 atom stereocenters. The van der Waals surface area contributed by atoms with E-state index in [2.05, 4.69) is 9.47 Å². The monoisotopic (exact) mass is 463 g/mol. The van der Waals surface area contributed by atoms with Crippen molar-refractivity contribution in [3.63, 3.8) is 0 Å². The summed E-state index contributed by atoms with van der Waals surface area (Å²) < 4.78 is 16.5. The molecule has 34 heavy (non-hydrogen) atoms. The van der Waals surface area contributed by atoms with Gasteiger partial charge in [-0.15, -0.1) is 0 Å². The Bertz CT molecular complexity index is 1190. The molecule has 0 radical (unpaired) electrons. The minimum atomic E-state index is -0.265. The first-order valence-corrected chi connectivity index (χ1v) is 12.0. The number of piperidine rings is 2. The smallest absolute Gasteiger partial charge is 0.225 e. The molecule has 2 aliphatic heterocycles. The highest BCUT2D eigenvalue weighted by Crippen LogP contribution is 2.30. The van der Waals surface area contributed by atoms with Crippen LogP contribution >= 0.6 is 0 Å². The number of amides is 2. The summed E-state index contributed by atoms with van der Waals surface area (Å²) in [6.07, 6.45) is 2.80. The molecule has 2 fully saturated rings. The number of carbonyl (C=O) groups is 2. The number of nitrogens with zero attached hydrogens (tertiary/aromatic N) is 4. The molecule has 0 unspecified atom stereocenters. The number of para-hydroxylation sites is 2. The number of fused-ring (bicyclic) bond motifs is 1. The lowest BCUT2D eigenvalue weighted by Crippen LogP contribution is -2.47. The van der Waals surface area contributed by atoms with E-state index in [1.54, 1.807) is 12.1 Å². The van der Waals surface area contributed by atoms with E-state index in [0.29, 0.717) is 38.0 Å². The molecule has 3 aromatic rings. The van der Waals surface area contributed by atoms with Crippen molar-refractivity contribution in [2.24, 2.45) is 17.6 Å². The highest BCUT2D eigenvalue weighted by molar-refractivity contribution is 5.81. The zero-order valence-corrected chi connectivity index (χ0v) is 19.2. The van der Waals surface area contributed by atoms with E-state index in [1.165, 1.54) is 6.07 Å². The van der Waals surface area contributed by atoms with E-state index in [9.17, 15) is 14.0 Å². The fourth-order valence-corrected chi connectivity index (χ4v) is 5.23. The van der Waals surface area contributed by atoms with Gasteiger partial charge in [-0.3, -0.25) is 9.59 Å². The summed E-state index contributed by atoms with van der Waals surface area (Å²) in [5.74, 6) is 0.369. The van der Waals surface area contributed by atoms with Gasteiger partial charge in [-0.05, 0) is 43.9 Å². The quantitative estimate of drug-likeness (QED) is 0.630. The van der Waals surface area contributed by atoms with Gasteiger partial charge in [0.15, 0.2) is 0 Å². The number of likely N-dealkylation sites (tertiary alicyclic amines) is 1. The van der Waals surface area contributed by atoms with E-state index in [1.807, 2.05) is 35.2 Å². The molecule has 0 saturated carbocycles. The molecule has 2 aliphatic rings. The van der Waals surface area contributed by atoms with Crippen molar-refractivity contribution >= 4 is 28.8 Å². The number of rotatable bonds is 5. The topological polar surface area (TPSA) is 84.5 Å². The molecule has 1 aromatic heterocycles. The summed E-state index contributed by atoms with van der Waals surface area (Å²) in [6.45, 7) is 3.04. The molecular formula is C26H30FN5O2. The SMILES string of the molecule is NC(=O)C1CCN(C(=O)C2CCN(c3nc4ccccc4n3Cc3ccccc3F)CC2)CC1. The highest BCUT2D eigenvalue weighted by atomic mass is 19.1. The van der Waals surface area contributed by atoms with Gasteiger partial charge < -0.3 is 20.1 Å². The number of imidazole rings is 1. The number of aromatic nitrogens is 2. The van der Waals surface area contributed by atoms with Crippen molar-refractivity contribution in [1.29, 1.82) is 0 Å². The third-order valence-corrected chi connectivity index (χ3v) is 7.26. The Kier molecular flexibility index (Phi) is 6.22. The minimum Gasteiger partial charge on any atom is -0.369 e. The van der Waals surface area contributed by atoms with Gasteiger partial charge in [0.1, 0.15) is 5.82 Å². The molecule has 5 rings (SSSR count). The van der Waals surface area contributed by atoms with Crippen molar-refractivity contribution in [1.82, 2.24) is 14.5 Å². The van der Waals surface area contributed by atoms with E-state index in [4.69, 9.17) is 10.7 Å². The molecule has 2 amide bonds. The number of nitrogens with two attached hydrogens (primary N) is 1. The Balaban J connectivity index is 1.30. The number of halogens is 1. The molecule has 2 N–H and O–H groups in total. The zero-order valence-electron chi connectivity index (χ0n) is 19.2.